The number of Topliss-reactive ketones (excluding diaryl/α,β-unsaturated/α-hetero) is 1. The van der Waals surface area contributed by atoms with E-state index in [-0.39, 0.29) is 5.78 Å². The van der Waals surface area contributed by atoms with Crippen molar-refractivity contribution >= 4 is 16.7 Å². The number of carbonyl (C=O) groups excluding carboxylic acids is 1. The van der Waals surface area contributed by atoms with E-state index in [0.29, 0.717) is 0 Å². The molecule has 0 amide bonds. The first kappa shape index (κ1) is 11.0. The van der Waals surface area contributed by atoms with Crippen molar-refractivity contribution in [3.8, 4) is 0 Å². The minimum absolute atomic E-state index is 0.180. The van der Waals surface area contributed by atoms with Crippen molar-refractivity contribution < 1.29 is 4.79 Å². The van der Waals surface area contributed by atoms with Crippen LogP contribution in [0, 0.1) is 0 Å². The molecule has 1 heterocycles. The van der Waals surface area contributed by atoms with Gasteiger partial charge >= 0.3 is 0 Å². The van der Waals surface area contributed by atoms with Gasteiger partial charge in [-0.05, 0) is 48.6 Å². The van der Waals surface area contributed by atoms with Gasteiger partial charge in [-0.15, -0.1) is 0 Å². The number of ketones is 1. The summed E-state index contributed by atoms with van der Waals surface area (Å²) in [7, 11) is 0. The van der Waals surface area contributed by atoms with E-state index in [0.717, 1.165) is 22.0 Å². The summed E-state index contributed by atoms with van der Waals surface area (Å²) in [6, 6.07) is 8.18. The highest BCUT2D eigenvalue weighted by molar-refractivity contribution is 6.06. The third-order valence-corrected chi connectivity index (χ3v) is 3.76. The molecule has 0 bridgehead atoms. The second-order valence-electron chi connectivity index (χ2n) is 5.02. The van der Waals surface area contributed by atoms with Crippen molar-refractivity contribution in [1.82, 2.24) is 4.98 Å². The van der Waals surface area contributed by atoms with Crippen molar-refractivity contribution in [2.24, 2.45) is 0 Å². The minimum Gasteiger partial charge on any atom is -0.361 e. The van der Waals surface area contributed by atoms with Crippen LogP contribution in [-0.2, 0) is 10.2 Å². The molecular formula is C16H15NO. The normalized spacial score (nSPS) is 23.4. The van der Waals surface area contributed by atoms with Crippen molar-refractivity contribution in [2.45, 2.75) is 19.3 Å². The predicted octanol–water partition coefficient (Wildman–Crippen LogP) is 3.51. The molecule has 1 aliphatic rings. The molecule has 2 aromatic rings. The van der Waals surface area contributed by atoms with Gasteiger partial charge in [-0.1, -0.05) is 24.3 Å². The van der Waals surface area contributed by atoms with E-state index in [4.69, 9.17) is 0 Å². The molecule has 3 rings (SSSR count). The Kier molecular flexibility index (Phi) is 2.27. The third-order valence-electron chi connectivity index (χ3n) is 3.76. The summed E-state index contributed by atoms with van der Waals surface area (Å²) < 4.78 is 0. The molecule has 0 aliphatic heterocycles. The van der Waals surface area contributed by atoms with Gasteiger partial charge in [0.2, 0.25) is 0 Å². The van der Waals surface area contributed by atoms with Crippen LogP contribution in [0.2, 0.25) is 0 Å². The predicted molar refractivity (Wildman–Crippen MR) is 73.6 cm³/mol. The zero-order valence-electron chi connectivity index (χ0n) is 10.5. The number of aromatic amines is 1. The summed E-state index contributed by atoms with van der Waals surface area (Å²) in [6.45, 7) is 3.86. The standard InChI is InChI=1S/C16H15NO/c1-11-4-3-8-16(2,15(11)18)13-5-6-14-12(10-13)7-9-17-14/h3-10,17H,1-2H3. The van der Waals surface area contributed by atoms with E-state index in [1.54, 1.807) is 0 Å². The van der Waals surface area contributed by atoms with E-state index < -0.39 is 5.41 Å². The third kappa shape index (κ3) is 1.46. The number of hydrogen-bond donors (Lipinski definition) is 1. The van der Waals surface area contributed by atoms with Gasteiger partial charge in [0.15, 0.2) is 5.78 Å². The van der Waals surface area contributed by atoms with Crippen LogP contribution in [-0.4, -0.2) is 10.8 Å². The molecule has 1 aromatic heterocycles. The van der Waals surface area contributed by atoms with Crippen molar-refractivity contribution in [2.75, 3.05) is 0 Å². The van der Waals surface area contributed by atoms with E-state index in [2.05, 4.69) is 11.1 Å². The SMILES string of the molecule is CC1=CC=CC(C)(c2ccc3[nH]ccc3c2)C1=O. The lowest BCUT2D eigenvalue weighted by atomic mass is 9.73. The molecule has 1 unspecified atom stereocenters. The van der Waals surface area contributed by atoms with E-state index in [1.165, 1.54) is 0 Å². The molecule has 0 fully saturated rings. The highest BCUT2D eigenvalue weighted by atomic mass is 16.1. The molecule has 0 saturated carbocycles. The second-order valence-corrected chi connectivity index (χ2v) is 5.02. The summed E-state index contributed by atoms with van der Waals surface area (Å²) >= 11 is 0. The highest BCUT2D eigenvalue weighted by Crippen LogP contribution is 2.33. The number of fused-ring (bicyclic) bond motifs is 1. The molecule has 1 aliphatic carbocycles. The largest absolute Gasteiger partial charge is 0.361 e. The van der Waals surface area contributed by atoms with Crippen LogP contribution in [0.15, 0.2) is 54.3 Å². The summed E-state index contributed by atoms with van der Waals surface area (Å²) in [5.41, 5.74) is 2.42. The van der Waals surface area contributed by atoms with Gasteiger partial charge in [0.1, 0.15) is 0 Å². The molecule has 2 heteroatoms. The number of nitrogens with one attached hydrogen (secondary N) is 1. The first-order chi connectivity index (χ1) is 8.61. The number of H-pyrrole nitrogens is 1. The summed E-state index contributed by atoms with van der Waals surface area (Å²) in [5.74, 6) is 0.180. The lowest BCUT2D eigenvalue weighted by Crippen LogP contribution is -2.32. The van der Waals surface area contributed by atoms with E-state index in [1.807, 2.05) is 56.5 Å². The molecular weight excluding hydrogens is 222 g/mol. The van der Waals surface area contributed by atoms with Gasteiger partial charge in [0, 0.05) is 11.7 Å². The zero-order valence-corrected chi connectivity index (χ0v) is 10.5. The van der Waals surface area contributed by atoms with Crippen LogP contribution in [0.4, 0.5) is 0 Å². The first-order valence-corrected chi connectivity index (χ1v) is 6.10. The molecule has 1 N–H and O–H groups in total. The monoisotopic (exact) mass is 237 g/mol. The van der Waals surface area contributed by atoms with Gasteiger partial charge < -0.3 is 4.98 Å². The molecule has 0 radical (unpaired) electrons. The molecule has 1 aromatic carbocycles. The fourth-order valence-electron chi connectivity index (χ4n) is 2.55. The summed E-state index contributed by atoms with van der Waals surface area (Å²) in [6.07, 6.45) is 7.74. The van der Waals surface area contributed by atoms with Gasteiger partial charge in [0.05, 0.1) is 5.41 Å². The first-order valence-electron chi connectivity index (χ1n) is 6.10. The number of rotatable bonds is 1. The lowest BCUT2D eigenvalue weighted by Gasteiger charge is -2.27. The van der Waals surface area contributed by atoms with Crippen molar-refractivity contribution in [3.05, 3.63) is 59.8 Å². The summed E-state index contributed by atoms with van der Waals surface area (Å²) in [4.78, 5) is 15.6. The maximum absolute atomic E-state index is 12.4. The average Bonchev–Trinajstić information content (AvgIpc) is 2.83. The topological polar surface area (TPSA) is 32.9 Å². The second kappa shape index (κ2) is 3.70. The molecule has 0 saturated heterocycles. The zero-order chi connectivity index (χ0) is 12.8. The molecule has 1 atom stereocenters. The highest BCUT2D eigenvalue weighted by Gasteiger charge is 2.34. The number of benzene rings is 1. The fraction of sp³-hybridized carbons (Fsp3) is 0.188. The van der Waals surface area contributed by atoms with Crippen LogP contribution in [0.5, 0.6) is 0 Å². The Hall–Kier alpha value is -2.09. The van der Waals surface area contributed by atoms with Crippen LogP contribution in [0.1, 0.15) is 19.4 Å². The van der Waals surface area contributed by atoms with Crippen LogP contribution in [0.3, 0.4) is 0 Å². The average molecular weight is 237 g/mol. The van der Waals surface area contributed by atoms with E-state index >= 15 is 0 Å². The Balaban J connectivity index is 2.16. The summed E-state index contributed by atoms with van der Waals surface area (Å²) in [5, 5.41) is 1.14. The van der Waals surface area contributed by atoms with Crippen LogP contribution < -0.4 is 0 Å². The Morgan fingerprint density at radius 3 is 2.89 bits per heavy atom. The molecule has 90 valence electrons. The van der Waals surface area contributed by atoms with Gasteiger partial charge in [0.25, 0.3) is 0 Å². The Bertz CT molecular complexity index is 690. The van der Waals surface area contributed by atoms with Gasteiger partial charge in [-0.3, -0.25) is 4.79 Å². The Morgan fingerprint density at radius 1 is 1.22 bits per heavy atom. The smallest absolute Gasteiger partial charge is 0.172 e. The van der Waals surface area contributed by atoms with Crippen molar-refractivity contribution in [3.63, 3.8) is 0 Å². The molecule has 2 nitrogen and oxygen atoms in total. The number of carbonyl (C=O) groups is 1. The lowest BCUT2D eigenvalue weighted by molar-refractivity contribution is -0.118. The quantitative estimate of drug-likeness (QED) is 0.808. The van der Waals surface area contributed by atoms with Crippen LogP contribution in [0.25, 0.3) is 10.9 Å². The van der Waals surface area contributed by atoms with Gasteiger partial charge in [-0.2, -0.15) is 0 Å². The molecule has 18 heavy (non-hydrogen) atoms. The molecule has 0 spiro atoms. The van der Waals surface area contributed by atoms with Crippen LogP contribution >= 0.6 is 0 Å². The Morgan fingerprint density at radius 2 is 2.06 bits per heavy atom. The fourth-order valence-corrected chi connectivity index (χ4v) is 2.55. The number of allylic oxidation sites excluding steroid dienone is 4. The van der Waals surface area contributed by atoms with E-state index in [9.17, 15) is 4.79 Å². The maximum Gasteiger partial charge on any atom is 0.172 e. The maximum atomic E-state index is 12.4. The number of hydrogen-bond acceptors (Lipinski definition) is 1. The Labute approximate surface area is 106 Å². The van der Waals surface area contributed by atoms with Crippen molar-refractivity contribution in [1.29, 1.82) is 0 Å². The number of aromatic nitrogens is 1. The van der Waals surface area contributed by atoms with Gasteiger partial charge in [-0.25, -0.2) is 0 Å². The minimum atomic E-state index is -0.537.